The number of aliphatic hydroxyl groups is 2. The van der Waals surface area contributed by atoms with E-state index in [1.807, 2.05) is 60.8 Å². The van der Waals surface area contributed by atoms with Gasteiger partial charge in [0.1, 0.15) is 6.10 Å². The number of unbranched alkanes of at least 4 members (excludes halogenated alkanes) is 18. The van der Waals surface area contributed by atoms with Crippen molar-refractivity contribution in [2.45, 2.75) is 232 Å². The lowest BCUT2D eigenvalue weighted by atomic mass is 10.0. The molecule has 0 aliphatic heterocycles. The number of allylic oxidation sites excluding steroid dienone is 20. The zero-order valence-electron chi connectivity index (χ0n) is 41.8. The molecule has 0 aromatic heterocycles. The highest BCUT2D eigenvalue weighted by molar-refractivity contribution is 5.77. The lowest BCUT2D eigenvalue weighted by Crippen LogP contribution is -2.46. The number of esters is 1. The molecule has 3 N–H and O–H groups in total. The molecule has 0 bridgehead atoms. The molecule has 0 rings (SSSR count). The van der Waals surface area contributed by atoms with Crippen LogP contribution < -0.4 is 5.32 Å². The van der Waals surface area contributed by atoms with E-state index in [0.29, 0.717) is 19.3 Å². The van der Waals surface area contributed by atoms with Crippen LogP contribution in [0.25, 0.3) is 0 Å². The van der Waals surface area contributed by atoms with Crippen molar-refractivity contribution in [3.05, 3.63) is 122 Å². The molecule has 0 saturated carbocycles. The van der Waals surface area contributed by atoms with Crippen LogP contribution in [-0.2, 0) is 14.3 Å². The first-order valence-corrected chi connectivity index (χ1v) is 26.3. The summed E-state index contributed by atoms with van der Waals surface area (Å²) in [7, 11) is 0. The van der Waals surface area contributed by atoms with Gasteiger partial charge in [0.2, 0.25) is 5.91 Å². The van der Waals surface area contributed by atoms with Crippen molar-refractivity contribution in [2.24, 2.45) is 0 Å². The van der Waals surface area contributed by atoms with Crippen LogP contribution in [0.1, 0.15) is 213 Å². The van der Waals surface area contributed by atoms with Crippen LogP contribution in [0, 0.1) is 0 Å². The second kappa shape index (κ2) is 51.2. The Labute approximate surface area is 400 Å². The van der Waals surface area contributed by atoms with Crippen molar-refractivity contribution in [1.29, 1.82) is 0 Å². The number of carbonyl (C=O) groups is 2. The minimum Gasteiger partial charge on any atom is -0.462 e. The lowest BCUT2D eigenvalue weighted by molar-refractivity contribution is -0.151. The van der Waals surface area contributed by atoms with Gasteiger partial charge >= 0.3 is 5.97 Å². The van der Waals surface area contributed by atoms with Crippen LogP contribution in [0.15, 0.2) is 122 Å². The average molecular weight is 900 g/mol. The van der Waals surface area contributed by atoms with Crippen LogP contribution in [-0.4, -0.2) is 46.9 Å². The Bertz CT molecular complexity index is 1380. The second-order valence-electron chi connectivity index (χ2n) is 17.3. The molecule has 0 heterocycles. The highest BCUT2D eigenvalue weighted by atomic mass is 16.5. The van der Waals surface area contributed by atoms with Crippen LogP contribution in [0.3, 0.4) is 0 Å². The Morgan fingerprint density at radius 3 is 1.43 bits per heavy atom. The van der Waals surface area contributed by atoms with Gasteiger partial charge in [0.15, 0.2) is 0 Å². The summed E-state index contributed by atoms with van der Waals surface area (Å²) in [6, 6.07) is -0.741. The first-order chi connectivity index (χ1) is 32.0. The van der Waals surface area contributed by atoms with Crippen molar-refractivity contribution in [1.82, 2.24) is 5.32 Å². The van der Waals surface area contributed by atoms with Gasteiger partial charge < -0.3 is 20.3 Å². The number of rotatable bonds is 45. The van der Waals surface area contributed by atoms with Gasteiger partial charge in [-0.3, -0.25) is 9.59 Å². The fraction of sp³-hybridized carbons (Fsp3) is 0.627. The maximum atomic E-state index is 13.2. The standard InChI is InChI=1S/C59H97NO5/c1-4-7-10-13-16-19-22-25-27-28-29-30-32-34-37-40-43-46-49-52-59(64)65-55(50-47-44-41-38-35-33-31-26-23-20-17-14-11-8-5-2)53-58(63)60-56(54-61)57(62)51-48-45-42-39-36-24-21-18-15-12-9-6-3/h8,11,14,16-17,19-20,23,25-27,29-31,33-35,37-38,41,55-57,61-62H,4-7,9-10,12-13,15,18,21-22,24,28,32,36,39-40,42-54H2,1-3H3,(H,60,63)/b11-8-,17-14+,19-16-,23-20+,27-25-,30-29-,31-26-,35-33+,37-34-,41-38+. The number of hydrogen-bond donors (Lipinski definition) is 3. The van der Waals surface area contributed by atoms with Crippen molar-refractivity contribution in [3.63, 3.8) is 0 Å². The van der Waals surface area contributed by atoms with E-state index in [2.05, 4.69) is 86.8 Å². The summed E-state index contributed by atoms with van der Waals surface area (Å²) < 4.78 is 5.89. The first kappa shape index (κ1) is 61.3. The van der Waals surface area contributed by atoms with Gasteiger partial charge in [0.05, 0.1) is 25.2 Å². The van der Waals surface area contributed by atoms with Crippen LogP contribution >= 0.6 is 0 Å². The second-order valence-corrected chi connectivity index (χ2v) is 17.3. The fourth-order valence-electron chi connectivity index (χ4n) is 7.21. The predicted octanol–water partition coefficient (Wildman–Crippen LogP) is 16.1. The maximum Gasteiger partial charge on any atom is 0.306 e. The monoisotopic (exact) mass is 900 g/mol. The molecular weight excluding hydrogens is 803 g/mol. The molecule has 3 unspecified atom stereocenters. The molecule has 6 nitrogen and oxygen atoms in total. The van der Waals surface area contributed by atoms with Crippen molar-refractivity contribution in [3.8, 4) is 0 Å². The third kappa shape index (κ3) is 46.6. The molecule has 65 heavy (non-hydrogen) atoms. The Morgan fingerprint density at radius 1 is 0.477 bits per heavy atom. The topological polar surface area (TPSA) is 95.9 Å². The Morgan fingerprint density at radius 2 is 0.908 bits per heavy atom. The molecule has 0 aromatic carbocycles. The molecule has 0 spiro atoms. The zero-order valence-corrected chi connectivity index (χ0v) is 41.8. The number of ether oxygens (including phenoxy) is 1. The van der Waals surface area contributed by atoms with Crippen LogP contribution in [0.4, 0.5) is 0 Å². The maximum absolute atomic E-state index is 13.2. The fourth-order valence-corrected chi connectivity index (χ4v) is 7.21. The molecular formula is C59H97NO5. The quantitative estimate of drug-likeness (QED) is 0.0245. The molecule has 368 valence electrons. The van der Waals surface area contributed by atoms with Crippen LogP contribution in [0.5, 0.6) is 0 Å². The van der Waals surface area contributed by atoms with E-state index in [4.69, 9.17) is 4.74 Å². The minimum absolute atomic E-state index is 0.00559. The largest absolute Gasteiger partial charge is 0.462 e. The lowest BCUT2D eigenvalue weighted by Gasteiger charge is -2.24. The predicted molar refractivity (Wildman–Crippen MR) is 282 cm³/mol. The molecule has 3 atom stereocenters. The van der Waals surface area contributed by atoms with Crippen molar-refractivity contribution >= 4 is 11.9 Å². The van der Waals surface area contributed by atoms with Crippen LogP contribution in [0.2, 0.25) is 0 Å². The first-order valence-electron chi connectivity index (χ1n) is 26.3. The minimum atomic E-state index is -0.821. The summed E-state index contributed by atoms with van der Waals surface area (Å²) >= 11 is 0. The van der Waals surface area contributed by atoms with E-state index in [9.17, 15) is 19.8 Å². The van der Waals surface area contributed by atoms with E-state index >= 15 is 0 Å². The summed E-state index contributed by atoms with van der Waals surface area (Å²) in [6.45, 7) is 6.27. The van der Waals surface area contributed by atoms with Gasteiger partial charge in [-0.1, -0.05) is 239 Å². The zero-order chi connectivity index (χ0) is 47.4. The van der Waals surface area contributed by atoms with Gasteiger partial charge in [-0.05, 0) is 83.5 Å². The highest BCUT2D eigenvalue weighted by Gasteiger charge is 2.24. The summed E-state index contributed by atoms with van der Waals surface area (Å²) in [5.41, 5.74) is 0. The van der Waals surface area contributed by atoms with E-state index in [1.54, 1.807) is 0 Å². The third-order valence-electron chi connectivity index (χ3n) is 11.2. The molecule has 0 aromatic rings. The van der Waals surface area contributed by atoms with Crippen molar-refractivity contribution < 1.29 is 24.5 Å². The van der Waals surface area contributed by atoms with E-state index in [1.165, 1.54) is 83.5 Å². The Balaban J connectivity index is 4.79. The number of hydrogen-bond acceptors (Lipinski definition) is 5. The Hall–Kier alpha value is -3.74. The molecule has 0 fully saturated rings. The summed E-state index contributed by atoms with van der Waals surface area (Å²) in [6.07, 6.45) is 71.1. The number of amides is 1. The van der Waals surface area contributed by atoms with Gasteiger partial charge in [-0.2, -0.15) is 0 Å². The van der Waals surface area contributed by atoms with Gasteiger partial charge in [-0.25, -0.2) is 0 Å². The van der Waals surface area contributed by atoms with E-state index in [-0.39, 0.29) is 24.9 Å². The smallest absolute Gasteiger partial charge is 0.306 e. The average Bonchev–Trinajstić information content (AvgIpc) is 3.30. The SMILES string of the molecule is CC\C=C/C=C/C=C/C=C\C=C\C=C\CCCC(CC(=O)NC(CO)C(O)CCCCCCCCCCCCCC)OC(=O)CCCCC/C=C\C/C=C\C/C=C\C/C=C\CCCCC. The third-order valence-corrected chi connectivity index (χ3v) is 11.2. The van der Waals surface area contributed by atoms with E-state index in [0.717, 1.165) is 83.5 Å². The summed E-state index contributed by atoms with van der Waals surface area (Å²) in [5, 5.41) is 23.7. The van der Waals surface area contributed by atoms with E-state index < -0.39 is 18.2 Å². The molecule has 6 heteroatoms. The number of nitrogens with one attached hydrogen (secondary N) is 1. The molecule has 0 radical (unpaired) electrons. The normalized spacial score (nSPS) is 14.2. The summed E-state index contributed by atoms with van der Waals surface area (Å²) in [4.78, 5) is 26.2. The van der Waals surface area contributed by atoms with Crippen molar-refractivity contribution in [2.75, 3.05) is 6.61 Å². The molecule has 1 amide bonds. The highest BCUT2D eigenvalue weighted by Crippen LogP contribution is 2.16. The molecule has 0 saturated heterocycles. The molecule has 0 aliphatic carbocycles. The number of carbonyl (C=O) groups excluding carboxylic acids is 2. The summed E-state index contributed by atoms with van der Waals surface area (Å²) in [5.74, 6) is -0.597. The Kier molecular flexibility index (Phi) is 48.3. The van der Waals surface area contributed by atoms with Gasteiger partial charge in [0, 0.05) is 6.42 Å². The van der Waals surface area contributed by atoms with Gasteiger partial charge in [0.25, 0.3) is 0 Å². The molecule has 0 aliphatic rings. The van der Waals surface area contributed by atoms with Gasteiger partial charge in [-0.15, -0.1) is 0 Å². The number of aliphatic hydroxyl groups excluding tert-OH is 2.